The molecule has 0 spiro atoms. The molecule has 0 saturated carbocycles. The van der Waals surface area contributed by atoms with Crippen molar-refractivity contribution in [1.29, 1.82) is 0 Å². The van der Waals surface area contributed by atoms with Crippen molar-refractivity contribution in [2.45, 2.75) is 4.90 Å². The number of hydrogen-bond acceptors (Lipinski definition) is 3. The molecule has 112 valence electrons. The summed E-state index contributed by atoms with van der Waals surface area (Å²) in [5.74, 6) is 1.25. The van der Waals surface area contributed by atoms with E-state index >= 15 is 0 Å². The molecule has 3 nitrogen and oxygen atoms in total. The fourth-order valence-electron chi connectivity index (χ4n) is 2.07. The zero-order chi connectivity index (χ0) is 15.5. The van der Waals surface area contributed by atoms with Crippen molar-refractivity contribution in [3.63, 3.8) is 0 Å². The molecular formula is C17H13ClO3S. The minimum atomic E-state index is -1.58. The fourth-order valence-corrected chi connectivity index (χ4v) is 3.03. The maximum Gasteiger partial charge on any atom is 0.240 e. The monoisotopic (exact) mass is 332 g/mol. The largest absolute Gasteiger partial charge is 0.497 e. The summed E-state index contributed by atoms with van der Waals surface area (Å²) in [6.45, 7) is 0. The normalized spacial score (nSPS) is 12.1. The first-order chi connectivity index (χ1) is 10.7. The molecule has 0 aliphatic rings. The van der Waals surface area contributed by atoms with Crippen LogP contribution in [-0.2, 0) is 11.1 Å². The van der Waals surface area contributed by atoms with Gasteiger partial charge in [0.1, 0.15) is 11.5 Å². The highest BCUT2D eigenvalue weighted by Crippen LogP contribution is 2.24. The van der Waals surface area contributed by atoms with Gasteiger partial charge in [-0.3, -0.25) is 0 Å². The van der Waals surface area contributed by atoms with E-state index in [9.17, 15) is 4.21 Å². The van der Waals surface area contributed by atoms with Gasteiger partial charge < -0.3 is 8.92 Å². The van der Waals surface area contributed by atoms with E-state index in [-0.39, 0.29) is 0 Å². The van der Waals surface area contributed by atoms with Crippen LogP contribution in [0.2, 0.25) is 5.02 Å². The Hall–Kier alpha value is -2.04. The van der Waals surface area contributed by atoms with Crippen LogP contribution in [0.3, 0.4) is 0 Å². The molecule has 0 heterocycles. The molecule has 0 fully saturated rings. The number of benzene rings is 3. The molecule has 3 aromatic rings. The lowest BCUT2D eigenvalue weighted by Gasteiger charge is -2.07. The summed E-state index contributed by atoms with van der Waals surface area (Å²) in [6, 6.07) is 18.0. The second-order valence-electron chi connectivity index (χ2n) is 4.65. The number of fused-ring (bicyclic) bond motifs is 1. The van der Waals surface area contributed by atoms with Gasteiger partial charge in [-0.05, 0) is 59.3 Å². The molecule has 5 heteroatoms. The summed E-state index contributed by atoms with van der Waals surface area (Å²) < 4.78 is 22.8. The van der Waals surface area contributed by atoms with Crippen LogP contribution >= 0.6 is 11.6 Å². The van der Waals surface area contributed by atoms with Gasteiger partial charge in [0.2, 0.25) is 11.1 Å². The Kier molecular flexibility index (Phi) is 4.32. The summed E-state index contributed by atoms with van der Waals surface area (Å²) in [6.07, 6.45) is 0. The van der Waals surface area contributed by atoms with Gasteiger partial charge in [-0.25, -0.2) is 4.21 Å². The van der Waals surface area contributed by atoms with E-state index in [1.807, 2.05) is 24.3 Å². The zero-order valence-corrected chi connectivity index (χ0v) is 13.4. The molecule has 0 aromatic heterocycles. The molecule has 1 atom stereocenters. The van der Waals surface area contributed by atoms with Crippen molar-refractivity contribution in [1.82, 2.24) is 0 Å². The third-order valence-electron chi connectivity index (χ3n) is 3.20. The van der Waals surface area contributed by atoms with Gasteiger partial charge in [-0.1, -0.05) is 23.7 Å². The lowest BCUT2D eigenvalue weighted by Crippen LogP contribution is -2.01. The Balaban J connectivity index is 1.83. The second kappa shape index (κ2) is 6.38. The van der Waals surface area contributed by atoms with Crippen molar-refractivity contribution in [2.75, 3.05) is 7.11 Å². The number of ether oxygens (including phenoxy) is 1. The van der Waals surface area contributed by atoms with Gasteiger partial charge >= 0.3 is 0 Å². The lowest BCUT2D eigenvalue weighted by atomic mass is 10.1. The van der Waals surface area contributed by atoms with E-state index in [0.29, 0.717) is 15.7 Å². The predicted octanol–water partition coefficient (Wildman–Crippen LogP) is 4.60. The van der Waals surface area contributed by atoms with Crippen molar-refractivity contribution < 1.29 is 13.1 Å². The van der Waals surface area contributed by atoms with Crippen LogP contribution in [-0.4, -0.2) is 11.3 Å². The van der Waals surface area contributed by atoms with Crippen LogP contribution < -0.4 is 8.92 Å². The van der Waals surface area contributed by atoms with Crippen molar-refractivity contribution >= 4 is 33.5 Å². The summed E-state index contributed by atoms with van der Waals surface area (Å²) in [5.41, 5.74) is 0. The summed E-state index contributed by atoms with van der Waals surface area (Å²) in [4.78, 5) is 0.602. The lowest BCUT2D eigenvalue weighted by molar-refractivity contribution is 0.414. The van der Waals surface area contributed by atoms with E-state index in [2.05, 4.69) is 0 Å². The molecule has 0 bridgehead atoms. The second-order valence-corrected chi connectivity index (χ2v) is 6.19. The van der Waals surface area contributed by atoms with Gasteiger partial charge in [0.25, 0.3) is 0 Å². The molecule has 3 rings (SSSR count). The minimum absolute atomic E-state index is 0.523. The maximum atomic E-state index is 12.3. The number of rotatable bonds is 4. The van der Waals surface area contributed by atoms with Gasteiger partial charge in [-0.15, -0.1) is 0 Å². The Bertz CT molecular complexity index is 831. The number of methoxy groups -OCH3 is 1. The van der Waals surface area contributed by atoms with Gasteiger partial charge in [0.15, 0.2) is 0 Å². The highest BCUT2D eigenvalue weighted by atomic mass is 35.5. The first-order valence-electron chi connectivity index (χ1n) is 6.59. The molecule has 0 N–H and O–H groups in total. The Morgan fingerprint density at radius 1 is 0.864 bits per heavy atom. The van der Waals surface area contributed by atoms with E-state index in [0.717, 1.165) is 16.5 Å². The predicted molar refractivity (Wildman–Crippen MR) is 89.0 cm³/mol. The van der Waals surface area contributed by atoms with Crippen LogP contribution in [0.4, 0.5) is 0 Å². The van der Waals surface area contributed by atoms with E-state index in [1.54, 1.807) is 43.5 Å². The molecule has 1 unspecified atom stereocenters. The molecule has 0 saturated heterocycles. The summed E-state index contributed by atoms with van der Waals surface area (Å²) >= 11 is 4.38. The van der Waals surface area contributed by atoms with Gasteiger partial charge in [0, 0.05) is 5.02 Å². The van der Waals surface area contributed by atoms with Crippen LogP contribution in [0.15, 0.2) is 65.6 Å². The van der Waals surface area contributed by atoms with Crippen molar-refractivity contribution in [3.8, 4) is 11.5 Å². The highest BCUT2D eigenvalue weighted by molar-refractivity contribution is 7.80. The first-order valence-corrected chi connectivity index (χ1v) is 8.04. The van der Waals surface area contributed by atoms with Gasteiger partial charge in [-0.2, -0.15) is 0 Å². The molecule has 22 heavy (non-hydrogen) atoms. The Morgan fingerprint density at radius 2 is 1.50 bits per heavy atom. The average Bonchev–Trinajstić information content (AvgIpc) is 2.55. The minimum Gasteiger partial charge on any atom is -0.497 e. The molecule has 0 aliphatic heterocycles. The SMILES string of the molecule is COc1ccc(OS(=O)c2ccc3cc(Cl)ccc3c2)cc1. The summed E-state index contributed by atoms with van der Waals surface area (Å²) in [5, 5.41) is 2.64. The topological polar surface area (TPSA) is 35.5 Å². The maximum absolute atomic E-state index is 12.3. The van der Waals surface area contributed by atoms with E-state index in [1.165, 1.54) is 0 Å². The quantitative estimate of drug-likeness (QED) is 0.700. The number of hydrogen-bond donors (Lipinski definition) is 0. The molecule has 0 radical (unpaired) electrons. The number of halogens is 1. The van der Waals surface area contributed by atoms with Gasteiger partial charge in [0.05, 0.1) is 12.0 Å². The van der Waals surface area contributed by atoms with Crippen molar-refractivity contribution in [2.24, 2.45) is 0 Å². The van der Waals surface area contributed by atoms with Crippen LogP contribution in [0.5, 0.6) is 11.5 Å². The molecule has 0 aliphatic carbocycles. The van der Waals surface area contributed by atoms with E-state index < -0.39 is 11.1 Å². The van der Waals surface area contributed by atoms with Crippen LogP contribution in [0.25, 0.3) is 10.8 Å². The Labute approximate surface area is 136 Å². The van der Waals surface area contributed by atoms with Crippen LogP contribution in [0.1, 0.15) is 0 Å². The zero-order valence-electron chi connectivity index (χ0n) is 11.8. The average molecular weight is 333 g/mol. The molecule has 3 aromatic carbocycles. The van der Waals surface area contributed by atoms with E-state index in [4.69, 9.17) is 20.5 Å². The smallest absolute Gasteiger partial charge is 0.240 e. The summed E-state index contributed by atoms with van der Waals surface area (Å²) in [7, 11) is 1.59. The fraction of sp³-hybridized carbons (Fsp3) is 0.0588. The Morgan fingerprint density at radius 3 is 2.23 bits per heavy atom. The third-order valence-corrected chi connectivity index (χ3v) is 4.42. The van der Waals surface area contributed by atoms with Crippen LogP contribution in [0, 0.1) is 0 Å². The first kappa shape index (κ1) is 14.9. The highest BCUT2D eigenvalue weighted by Gasteiger charge is 2.08. The third kappa shape index (κ3) is 3.24. The standard InChI is InChI=1S/C17H13ClO3S/c1-20-15-5-7-16(8-6-15)21-22(19)17-9-3-12-10-14(18)4-2-13(12)11-17/h2-11H,1H3. The molecule has 0 amide bonds. The van der Waals surface area contributed by atoms with Crippen molar-refractivity contribution in [3.05, 3.63) is 65.7 Å². The molecular weight excluding hydrogens is 320 g/mol.